The monoisotopic (exact) mass is 250 g/mol. The first-order valence-corrected chi connectivity index (χ1v) is 11.4. The van der Waals surface area contributed by atoms with Crippen LogP contribution >= 0.6 is 0 Å². The first kappa shape index (κ1) is 15.3. The Morgan fingerprint density at radius 1 is 0.733 bits per heavy atom. The summed E-state index contributed by atoms with van der Waals surface area (Å²) in [4.78, 5) is 0. The highest BCUT2D eigenvalue weighted by Gasteiger charge is 2.44. The second-order valence-electron chi connectivity index (χ2n) is 4.72. The molecule has 0 aromatic heterocycles. The predicted molar refractivity (Wildman–Crippen MR) is 68.8 cm³/mol. The lowest BCUT2D eigenvalue weighted by atomic mass is 10.9. The Kier molecular flexibility index (Phi) is 6.94. The quantitative estimate of drug-likeness (QED) is 0.620. The van der Waals surface area contributed by atoms with Crippen LogP contribution in [0, 0.1) is 0 Å². The number of hydrogen-bond donors (Lipinski definition) is 0. The summed E-state index contributed by atoms with van der Waals surface area (Å²) in [6.45, 7) is 15.0. The van der Waals surface area contributed by atoms with Crippen LogP contribution in [0.5, 0.6) is 0 Å². The standard InChI is InChI=1S/C10H26O3Si2/c1-7-11-15(12-8-2,13-9-3)10-14(4,5)6/h7-10H2,1-6H3. The molecule has 5 heteroatoms. The van der Waals surface area contributed by atoms with Gasteiger partial charge >= 0.3 is 8.80 Å². The molecule has 0 fully saturated rings. The molecule has 0 rings (SSSR count). The molecule has 0 spiro atoms. The van der Waals surface area contributed by atoms with Crippen molar-refractivity contribution < 1.29 is 13.3 Å². The lowest BCUT2D eigenvalue weighted by molar-refractivity contribution is 0.0755. The molecular weight excluding hydrogens is 224 g/mol. The van der Waals surface area contributed by atoms with Gasteiger partial charge in [-0.1, -0.05) is 19.6 Å². The molecule has 0 aliphatic carbocycles. The molecule has 0 aromatic carbocycles. The van der Waals surface area contributed by atoms with Crippen molar-refractivity contribution >= 4 is 16.9 Å². The lowest BCUT2D eigenvalue weighted by Crippen LogP contribution is -2.51. The molecule has 0 bridgehead atoms. The third kappa shape index (κ3) is 6.47. The van der Waals surface area contributed by atoms with Gasteiger partial charge in [0.25, 0.3) is 0 Å². The van der Waals surface area contributed by atoms with Gasteiger partial charge in [0, 0.05) is 33.6 Å². The largest absolute Gasteiger partial charge is 0.498 e. The number of hydrogen-bond acceptors (Lipinski definition) is 3. The number of rotatable bonds is 8. The second kappa shape index (κ2) is 6.80. The van der Waals surface area contributed by atoms with Crippen molar-refractivity contribution in [3.63, 3.8) is 0 Å². The summed E-state index contributed by atoms with van der Waals surface area (Å²) in [5.41, 5.74) is 1.01. The van der Waals surface area contributed by atoms with E-state index >= 15 is 0 Å². The summed E-state index contributed by atoms with van der Waals surface area (Å²) in [6, 6.07) is 0. The Bertz CT molecular complexity index is 152. The van der Waals surface area contributed by atoms with Crippen LogP contribution in [0.2, 0.25) is 25.3 Å². The molecule has 3 nitrogen and oxygen atoms in total. The van der Waals surface area contributed by atoms with E-state index < -0.39 is 16.9 Å². The minimum absolute atomic E-state index is 0.677. The Labute approximate surface area is 96.5 Å². The molecule has 0 saturated carbocycles. The Morgan fingerprint density at radius 3 is 1.27 bits per heavy atom. The van der Waals surface area contributed by atoms with Crippen LogP contribution in [-0.2, 0) is 13.3 Å². The molecule has 0 radical (unpaired) electrons. The van der Waals surface area contributed by atoms with Crippen molar-refractivity contribution in [2.75, 3.05) is 19.8 Å². The molecular formula is C10H26O3Si2. The molecule has 15 heavy (non-hydrogen) atoms. The van der Waals surface area contributed by atoms with Crippen molar-refractivity contribution in [3.8, 4) is 0 Å². The molecule has 92 valence electrons. The van der Waals surface area contributed by atoms with Crippen molar-refractivity contribution in [2.45, 2.75) is 46.1 Å². The fourth-order valence-electron chi connectivity index (χ4n) is 1.59. The maximum Gasteiger partial charge on any atom is 0.498 e. The summed E-state index contributed by atoms with van der Waals surface area (Å²) >= 11 is 0. The highest BCUT2D eigenvalue weighted by Crippen LogP contribution is 2.23. The minimum Gasteiger partial charge on any atom is -0.374 e. The van der Waals surface area contributed by atoms with E-state index in [0.717, 1.165) is 5.67 Å². The van der Waals surface area contributed by atoms with Gasteiger partial charge in [-0.3, -0.25) is 0 Å². The van der Waals surface area contributed by atoms with Gasteiger partial charge in [0.05, 0.1) is 0 Å². The summed E-state index contributed by atoms with van der Waals surface area (Å²) in [5, 5.41) is 0. The summed E-state index contributed by atoms with van der Waals surface area (Å²) in [5.74, 6) is 0. The van der Waals surface area contributed by atoms with Gasteiger partial charge in [0.1, 0.15) is 0 Å². The van der Waals surface area contributed by atoms with E-state index in [1.165, 1.54) is 0 Å². The van der Waals surface area contributed by atoms with E-state index in [1.807, 2.05) is 20.8 Å². The summed E-state index contributed by atoms with van der Waals surface area (Å²) in [6.07, 6.45) is 0. The van der Waals surface area contributed by atoms with E-state index in [9.17, 15) is 0 Å². The molecule has 0 aliphatic heterocycles. The average molecular weight is 250 g/mol. The first-order valence-electron chi connectivity index (χ1n) is 5.81. The van der Waals surface area contributed by atoms with Crippen LogP contribution < -0.4 is 0 Å². The van der Waals surface area contributed by atoms with Gasteiger partial charge in [0.2, 0.25) is 0 Å². The van der Waals surface area contributed by atoms with Crippen LogP contribution in [-0.4, -0.2) is 36.7 Å². The topological polar surface area (TPSA) is 27.7 Å². The van der Waals surface area contributed by atoms with Crippen LogP contribution in [0.4, 0.5) is 0 Å². The molecule has 0 aliphatic rings. The zero-order chi connectivity index (χ0) is 11.9. The Hall–Kier alpha value is 0.314. The van der Waals surface area contributed by atoms with E-state index in [0.29, 0.717) is 19.8 Å². The third-order valence-electron chi connectivity index (χ3n) is 1.84. The van der Waals surface area contributed by atoms with Crippen LogP contribution in [0.1, 0.15) is 20.8 Å². The van der Waals surface area contributed by atoms with Gasteiger partial charge < -0.3 is 13.3 Å². The van der Waals surface area contributed by atoms with Gasteiger partial charge in [-0.15, -0.1) is 0 Å². The average Bonchev–Trinajstić information content (AvgIpc) is 2.01. The molecule has 0 atom stereocenters. The van der Waals surface area contributed by atoms with E-state index in [4.69, 9.17) is 13.3 Å². The maximum absolute atomic E-state index is 5.82. The van der Waals surface area contributed by atoms with E-state index in [1.54, 1.807) is 0 Å². The lowest BCUT2D eigenvalue weighted by Gasteiger charge is -2.32. The Balaban J connectivity index is 4.60. The highest BCUT2D eigenvalue weighted by atomic mass is 28.4. The SMILES string of the molecule is CCO[Si](C[Si](C)(C)C)(OCC)OCC. The molecule has 0 amide bonds. The van der Waals surface area contributed by atoms with Crippen molar-refractivity contribution in [2.24, 2.45) is 0 Å². The van der Waals surface area contributed by atoms with Gasteiger partial charge in [0.15, 0.2) is 0 Å². The smallest absolute Gasteiger partial charge is 0.374 e. The maximum atomic E-state index is 5.82. The van der Waals surface area contributed by atoms with Crippen molar-refractivity contribution in [1.82, 2.24) is 0 Å². The van der Waals surface area contributed by atoms with Gasteiger partial charge in [-0.2, -0.15) is 0 Å². The highest BCUT2D eigenvalue weighted by molar-refractivity contribution is 6.88. The van der Waals surface area contributed by atoms with Gasteiger partial charge in [-0.25, -0.2) is 0 Å². The predicted octanol–water partition coefficient (Wildman–Crippen LogP) is 2.91. The van der Waals surface area contributed by atoms with Crippen molar-refractivity contribution in [3.05, 3.63) is 0 Å². The molecule has 0 heterocycles. The van der Waals surface area contributed by atoms with Crippen LogP contribution in [0.3, 0.4) is 0 Å². The molecule has 0 aromatic rings. The van der Waals surface area contributed by atoms with Crippen LogP contribution in [0.15, 0.2) is 0 Å². The van der Waals surface area contributed by atoms with Crippen molar-refractivity contribution in [1.29, 1.82) is 0 Å². The zero-order valence-corrected chi connectivity index (χ0v) is 13.1. The minimum atomic E-state index is -2.37. The third-order valence-corrected chi connectivity index (χ3v) is 10.00. The van der Waals surface area contributed by atoms with E-state index in [2.05, 4.69) is 19.6 Å². The Morgan fingerprint density at radius 2 is 1.07 bits per heavy atom. The summed E-state index contributed by atoms with van der Waals surface area (Å²) in [7, 11) is -3.59. The fraction of sp³-hybridized carbons (Fsp3) is 1.00. The fourth-order valence-corrected chi connectivity index (χ4v) is 9.58. The molecule has 0 unspecified atom stereocenters. The zero-order valence-electron chi connectivity index (χ0n) is 11.1. The molecule has 0 saturated heterocycles. The first-order chi connectivity index (χ1) is 6.89. The second-order valence-corrected chi connectivity index (χ2v) is 13.5. The molecule has 0 N–H and O–H groups in total. The van der Waals surface area contributed by atoms with E-state index in [-0.39, 0.29) is 0 Å². The normalized spacial score (nSPS) is 13.2. The van der Waals surface area contributed by atoms with Crippen LogP contribution in [0.25, 0.3) is 0 Å². The van der Waals surface area contributed by atoms with Gasteiger partial charge in [-0.05, 0) is 20.8 Å². The summed E-state index contributed by atoms with van der Waals surface area (Å²) < 4.78 is 17.4.